The number of carbonyl (C=O) groups is 1. The van der Waals surface area contributed by atoms with Crippen LogP contribution in [0, 0.1) is 6.92 Å². The fourth-order valence-electron chi connectivity index (χ4n) is 2.38. The van der Waals surface area contributed by atoms with Crippen molar-refractivity contribution in [2.45, 2.75) is 39.2 Å². The monoisotopic (exact) mass is 217 g/mol. The summed E-state index contributed by atoms with van der Waals surface area (Å²) in [6.07, 6.45) is 1.69. The minimum atomic E-state index is -0.355. The maximum absolute atomic E-state index is 11.9. The Morgan fingerprint density at radius 1 is 1.31 bits per heavy atom. The summed E-state index contributed by atoms with van der Waals surface area (Å²) in [5.74, 6) is 0.347. The SMILES string of the molecule is Cc1cccc(N2CCCC(=O)C2(C)C)c1. The van der Waals surface area contributed by atoms with Gasteiger partial charge in [-0.1, -0.05) is 12.1 Å². The fourth-order valence-corrected chi connectivity index (χ4v) is 2.38. The second-order valence-electron chi connectivity index (χ2n) is 5.08. The Morgan fingerprint density at radius 2 is 2.06 bits per heavy atom. The first-order valence-electron chi connectivity index (χ1n) is 5.89. The first-order valence-corrected chi connectivity index (χ1v) is 5.89. The molecular weight excluding hydrogens is 198 g/mol. The highest BCUT2D eigenvalue weighted by atomic mass is 16.1. The van der Waals surface area contributed by atoms with Gasteiger partial charge in [0.25, 0.3) is 0 Å². The van der Waals surface area contributed by atoms with E-state index in [0.717, 1.165) is 25.1 Å². The second kappa shape index (κ2) is 3.93. The van der Waals surface area contributed by atoms with Crippen LogP contribution in [0.3, 0.4) is 0 Å². The summed E-state index contributed by atoms with van der Waals surface area (Å²) >= 11 is 0. The van der Waals surface area contributed by atoms with Gasteiger partial charge in [-0.05, 0) is 44.9 Å². The molecule has 2 nitrogen and oxygen atoms in total. The molecule has 1 heterocycles. The molecule has 0 N–H and O–H groups in total. The average molecular weight is 217 g/mol. The molecule has 1 aromatic rings. The molecule has 0 aliphatic carbocycles. The number of nitrogens with zero attached hydrogens (tertiary/aromatic N) is 1. The van der Waals surface area contributed by atoms with Gasteiger partial charge in [0.15, 0.2) is 5.78 Å². The Labute approximate surface area is 97.3 Å². The zero-order chi connectivity index (χ0) is 11.8. The van der Waals surface area contributed by atoms with E-state index in [4.69, 9.17) is 0 Å². The number of rotatable bonds is 1. The predicted octanol–water partition coefficient (Wildman–Crippen LogP) is 2.94. The summed E-state index contributed by atoms with van der Waals surface area (Å²) in [5.41, 5.74) is 2.05. The largest absolute Gasteiger partial charge is 0.359 e. The number of ketones is 1. The summed E-state index contributed by atoms with van der Waals surface area (Å²) in [5, 5.41) is 0. The summed E-state index contributed by atoms with van der Waals surface area (Å²) in [4.78, 5) is 14.2. The highest BCUT2D eigenvalue weighted by Gasteiger charge is 2.37. The van der Waals surface area contributed by atoms with Gasteiger partial charge in [-0.25, -0.2) is 0 Å². The lowest BCUT2D eigenvalue weighted by atomic mass is 9.88. The second-order valence-corrected chi connectivity index (χ2v) is 5.08. The molecule has 2 heteroatoms. The van der Waals surface area contributed by atoms with Gasteiger partial charge in [0, 0.05) is 18.7 Å². The molecule has 86 valence electrons. The summed E-state index contributed by atoms with van der Waals surface area (Å²) in [6, 6.07) is 8.38. The van der Waals surface area contributed by atoms with Crippen molar-refractivity contribution in [1.29, 1.82) is 0 Å². The van der Waals surface area contributed by atoms with Crippen molar-refractivity contribution in [3.05, 3.63) is 29.8 Å². The van der Waals surface area contributed by atoms with E-state index in [1.165, 1.54) is 5.56 Å². The van der Waals surface area contributed by atoms with Crippen LogP contribution in [0.15, 0.2) is 24.3 Å². The molecule has 0 saturated carbocycles. The Balaban J connectivity index is 2.36. The third kappa shape index (κ3) is 1.84. The molecule has 2 rings (SSSR count). The Kier molecular flexibility index (Phi) is 2.75. The molecule has 16 heavy (non-hydrogen) atoms. The molecule has 0 unspecified atom stereocenters. The number of hydrogen-bond acceptors (Lipinski definition) is 2. The summed E-state index contributed by atoms with van der Waals surface area (Å²) < 4.78 is 0. The quantitative estimate of drug-likeness (QED) is 0.721. The van der Waals surface area contributed by atoms with Crippen LogP contribution in [0.1, 0.15) is 32.3 Å². The number of hydrogen-bond donors (Lipinski definition) is 0. The minimum absolute atomic E-state index is 0.347. The average Bonchev–Trinajstić information content (AvgIpc) is 2.22. The van der Waals surface area contributed by atoms with Crippen LogP contribution in [0.2, 0.25) is 0 Å². The van der Waals surface area contributed by atoms with E-state index in [2.05, 4.69) is 36.1 Å². The number of anilines is 1. The van der Waals surface area contributed by atoms with Crippen molar-refractivity contribution in [1.82, 2.24) is 0 Å². The molecule has 1 saturated heterocycles. The van der Waals surface area contributed by atoms with E-state index in [1.54, 1.807) is 0 Å². The zero-order valence-corrected chi connectivity index (χ0v) is 10.3. The van der Waals surface area contributed by atoms with Crippen LogP contribution in [0.25, 0.3) is 0 Å². The van der Waals surface area contributed by atoms with E-state index >= 15 is 0 Å². The molecule has 1 fully saturated rings. The van der Waals surface area contributed by atoms with Crippen molar-refractivity contribution in [3.63, 3.8) is 0 Å². The van der Waals surface area contributed by atoms with Gasteiger partial charge in [-0.3, -0.25) is 4.79 Å². The highest BCUT2D eigenvalue weighted by Crippen LogP contribution is 2.30. The Morgan fingerprint density at radius 3 is 2.75 bits per heavy atom. The van der Waals surface area contributed by atoms with E-state index in [0.29, 0.717) is 5.78 Å². The molecule has 0 bridgehead atoms. The molecule has 1 aliphatic heterocycles. The van der Waals surface area contributed by atoms with Crippen LogP contribution < -0.4 is 4.90 Å². The molecule has 0 radical (unpaired) electrons. The highest BCUT2D eigenvalue weighted by molar-refractivity contribution is 5.92. The first-order chi connectivity index (χ1) is 7.51. The number of piperidine rings is 1. The van der Waals surface area contributed by atoms with Crippen LogP contribution in [-0.2, 0) is 4.79 Å². The third-order valence-electron chi connectivity index (χ3n) is 3.46. The normalized spacial score (nSPS) is 19.9. The molecule has 0 amide bonds. The summed E-state index contributed by atoms with van der Waals surface area (Å²) in [7, 11) is 0. The van der Waals surface area contributed by atoms with Crippen LogP contribution in [0.4, 0.5) is 5.69 Å². The van der Waals surface area contributed by atoms with Crippen LogP contribution >= 0.6 is 0 Å². The standard InChI is InChI=1S/C14H19NO/c1-11-6-4-7-12(10-11)15-9-5-8-13(16)14(15,2)3/h4,6-7,10H,5,8-9H2,1-3H3. The van der Waals surface area contributed by atoms with E-state index < -0.39 is 0 Å². The lowest BCUT2D eigenvalue weighted by Crippen LogP contribution is -2.54. The van der Waals surface area contributed by atoms with Crippen molar-refractivity contribution in [2.24, 2.45) is 0 Å². The van der Waals surface area contributed by atoms with Gasteiger partial charge in [-0.2, -0.15) is 0 Å². The zero-order valence-electron chi connectivity index (χ0n) is 10.3. The fraction of sp³-hybridized carbons (Fsp3) is 0.500. The number of benzene rings is 1. The number of Topliss-reactive ketones (excluding diaryl/α,β-unsaturated/α-hetero) is 1. The van der Waals surface area contributed by atoms with Gasteiger partial charge >= 0.3 is 0 Å². The third-order valence-corrected chi connectivity index (χ3v) is 3.46. The molecule has 1 aliphatic rings. The smallest absolute Gasteiger partial charge is 0.157 e. The minimum Gasteiger partial charge on any atom is -0.359 e. The van der Waals surface area contributed by atoms with Crippen molar-refractivity contribution in [3.8, 4) is 0 Å². The molecule has 1 aromatic carbocycles. The van der Waals surface area contributed by atoms with Crippen LogP contribution in [-0.4, -0.2) is 17.9 Å². The van der Waals surface area contributed by atoms with Crippen molar-refractivity contribution in [2.75, 3.05) is 11.4 Å². The van der Waals surface area contributed by atoms with Crippen molar-refractivity contribution >= 4 is 11.5 Å². The van der Waals surface area contributed by atoms with Gasteiger partial charge < -0.3 is 4.90 Å². The molecule has 0 atom stereocenters. The molecule has 0 aromatic heterocycles. The Bertz CT molecular complexity index is 409. The van der Waals surface area contributed by atoms with Gasteiger partial charge in [0.2, 0.25) is 0 Å². The number of carbonyl (C=O) groups excluding carboxylic acids is 1. The van der Waals surface area contributed by atoms with E-state index in [1.807, 2.05) is 13.8 Å². The maximum Gasteiger partial charge on any atom is 0.157 e. The van der Waals surface area contributed by atoms with Gasteiger partial charge in [0.1, 0.15) is 0 Å². The lowest BCUT2D eigenvalue weighted by Gasteiger charge is -2.42. The molecular formula is C14H19NO. The van der Waals surface area contributed by atoms with Gasteiger partial charge in [-0.15, -0.1) is 0 Å². The lowest BCUT2D eigenvalue weighted by molar-refractivity contribution is -0.124. The summed E-state index contributed by atoms with van der Waals surface area (Å²) in [6.45, 7) is 7.11. The van der Waals surface area contributed by atoms with E-state index in [-0.39, 0.29) is 5.54 Å². The predicted molar refractivity (Wildman–Crippen MR) is 66.8 cm³/mol. The van der Waals surface area contributed by atoms with Gasteiger partial charge in [0.05, 0.1) is 5.54 Å². The Hall–Kier alpha value is -1.31. The first kappa shape index (κ1) is 11.2. The number of aryl methyl sites for hydroxylation is 1. The van der Waals surface area contributed by atoms with E-state index in [9.17, 15) is 4.79 Å². The topological polar surface area (TPSA) is 20.3 Å². The maximum atomic E-state index is 11.9. The van der Waals surface area contributed by atoms with Crippen molar-refractivity contribution < 1.29 is 4.79 Å². The molecule has 0 spiro atoms. The van der Waals surface area contributed by atoms with Crippen LogP contribution in [0.5, 0.6) is 0 Å².